The van der Waals surface area contributed by atoms with Crippen LogP contribution in [0.3, 0.4) is 0 Å². The van der Waals surface area contributed by atoms with Crippen molar-refractivity contribution in [2.45, 2.75) is 13.3 Å². The van der Waals surface area contributed by atoms with E-state index in [1.807, 2.05) is 6.07 Å². The molecule has 3 aromatic rings. The van der Waals surface area contributed by atoms with Crippen molar-refractivity contribution in [2.24, 2.45) is 17.8 Å². The summed E-state index contributed by atoms with van der Waals surface area (Å²) in [7, 11) is 2.17. The van der Waals surface area contributed by atoms with E-state index >= 15 is 0 Å². The zero-order chi connectivity index (χ0) is 24.5. The number of anilines is 3. The zero-order valence-electron chi connectivity index (χ0n) is 19.6. The molecule has 0 radical (unpaired) electrons. The summed E-state index contributed by atoms with van der Waals surface area (Å²) in [5, 5.41) is 6.74. The fraction of sp³-hybridized carbons (Fsp3) is 0.346. The molecule has 5 rings (SSSR count). The van der Waals surface area contributed by atoms with Crippen molar-refractivity contribution in [1.82, 2.24) is 14.9 Å². The second-order valence-electron chi connectivity index (χ2n) is 9.18. The van der Waals surface area contributed by atoms with Gasteiger partial charge in [0.25, 0.3) is 0 Å². The van der Waals surface area contributed by atoms with Crippen molar-refractivity contribution < 1.29 is 13.9 Å². The highest BCUT2D eigenvalue weighted by Crippen LogP contribution is 2.53. The molecule has 35 heavy (non-hydrogen) atoms. The molecule has 2 aromatic carbocycles. The third-order valence-electron chi connectivity index (χ3n) is 6.76. The van der Waals surface area contributed by atoms with Crippen molar-refractivity contribution in [2.75, 3.05) is 37.4 Å². The molecule has 2 heterocycles. The summed E-state index contributed by atoms with van der Waals surface area (Å²) in [5.41, 5.74) is 1.77. The molecular weight excluding hydrogens is 469 g/mol. The average Bonchev–Trinajstić information content (AvgIpc) is 3.28. The normalized spacial score (nSPS) is 21.3. The number of rotatable bonds is 8. The molecule has 2 atom stereocenters. The predicted octanol–water partition coefficient (Wildman–Crippen LogP) is 5.26. The lowest BCUT2D eigenvalue weighted by molar-refractivity contribution is -0.111. The lowest BCUT2D eigenvalue weighted by atomic mass is 10.1. The topological polar surface area (TPSA) is 79.4 Å². The number of benzene rings is 2. The minimum atomic E-state index is -0.498. The number of hydrogen-bond acceptors (Lipinski definition) is 6. The monoisotopic (exact) mass is 495 g/mol. The van der Waals surface area contributed by atoms with Crippen LogP contribution in [0.5, 0.6) is 5.75 Å². The van der Waals surface area contributed by atoms with Gasteiger partial charge in [-0.05, 0) is 68.5 Å². The first-order valence-electron chi connectivity index (χ1n) is 11.7. The van der Waals surface area contributed by atoms with Crippen LogP contribution in [-0.2, 0) is 4.79 Å². The van der Waals surface area contributed by atoms with Crippen LogP contribution in [0, 0.1) is 23.6 Å². The van der Waals surface area contributed by atoms with Gasteiger partial charge in [0.15, 0.2) is 0 Å². The Morgan fingerprint density at radius 3 is 2.80 bits per heavy atom. The van der Waals surface area contributed by atoms with Gasteiger partial charge in [-0.3, -0.25) is 4.79 Å². The summed E-state index contributed by atoms with van der Waals surface area (Å²) >= 11 is 5.92. The van der Waals surface area contributed by atoms with E-state index in [-0.39, 0.29) is 10.9 Å². The summed E-state index contributed by atoms with van der Waals surface area (Å²) in [5.74, 6) is 2.60. The number of allylic oxidation sites excluding steroid dienone is 1. The van der Waals surface area contributed by atoms with Gasteiger partial charge in [-0.25, -0.2) is 14.4 Å². The maximum Gasteiger partial charge on any atom is 0.248 e. The molecule has 1 saturated heterocycles. The minimum absolute atomic E-state index is 0.00907. The number of fused-ring (bicyclic) bond motifs is 2. The Hall–Kier alpha value is -3.23. The number of amides is 1. The van der Waals surface area contributed by atoms with E-state index in [4.69, 9.17) is 16.3 Å². The Morgan fingerprint density at radius 2 is 2.06 bits per heavy atom. The highest BCUT2D eigenvalue weighted by molar-refractivity contribution is 6.31. The number of carbonyl (C=O) groups is 1. The third kappa shape index (κ3) is 5.09. The van der Waals surface area contributed by atoms with Gasteiger partial charge in [-0.2, -0.15) is 0 Å². The highest BCUT2D eigenvalue weighted by Gasteiger charge is 2.53. The summed E-state index contributed by atoms with van der Waals surface area (Å²) in [4.78, 5) is 23.5. The maximum atomic E-state index is 13.6. The number of piperidine rings is 1. The average molecular weight is 496 g/mol. The Balaban J connectivity index is 1.39. The van der Waals surface area contributed by atoms with Gasteiger partial charge in [0.1, 0.15) is 23.7 Å². The van der Waals surface area contributed by atoms with Crippen LogP contribution in [0.4, 0.5) is 21.6 Å². The fourth-order valence-corrected chi connectivity index (χ4v) is 5.21. The van der Waals surface area contributed by atoms with Crippen LogP contribution < -0.4 is 15.4 Å². The fourth-order valence-electron chi connectivity index (χ4n) is 5.03. The number of carbonyl (C=O) groups excluding carboxylic acids is 1. The van der Waals surface area contributed by atoms with Crippen molar-refractivity contribution in [1.29, 1.82) is 0 Å². The van der Waals surface area contributed by atoms with Crippen LogP contribution >= 0.6 is 11.6 Å². The first-order chi connectivity index (χ1) is 16.9. The van der Waals surface area contributed by atoms with Gasteiger partial charge in [0.2, 0.25) is 5.91 Å². The molecule has 1 aliphatic carbocycles. The molecule has 1 saturated carbocycles. The number of nitrogens with zero attached hydrogens (tertiary/aromatic N) is 3. The Labute approximate surface area is 208 Å². The van der Waals surface area contributed by atoms with E-state index < -0.39 is 5.82 Å². The molecule has 2 aliphatic rings. The minimum Gasteiger partial charge on any atom is -0.491 e. The maximum absolute atomic E-state index is 13.6. The molecule has 7 nitrogen and oxygen atoms in total. The van der Waals surface area contributed by atoms with Crippen molar-refractivity contribution in [3.8, 4) is 5.75 Å². The molecule has 9 heteroatoms. The van der Waals surface area contributed by atoms with E-state index in [2.05, 4.69) is 32.5 Å². The third-order valence-corrected chi connectivity index (χ3v) is 7.05. The van der Waals surface area contributed by atoms with Crippen LogP contribution in [0.2, 0.25) is 5.02 Å². The lowest BCUT2D eigenvalue weighted by Crippen LogP contribution is -2.19. The molecule has 2 N–H and O–H groups in total. The number of aromatic nitrogens is 2. The molecule has 1 amide bonds. The van der Waals surface area contributed by atoms with Crippen LogP contribution in [0.1, 0.15) is 13.3 Å². The van der Waals surface area contributed by atoms with E-state index in [9.17, 15) is 9.18 Å². The SMILES string of the molecule is C/C=C/C(=O)Nc1cc2c(Nc3ccc(F)c(Cl)c3)ncnc2cc1OCCC1C2CN(C)CC12. The summed E-state index contributed by atoms with van der Waals surface area (Å²) in [6.45, 7) is 4.69. The van der Waals surface area contributed by atoms with Crippen molar-refractivity contribution in [3.63, 3.8) is 0 Å². The van der Waals surface area contributed by atoms with Gasteiger partial charge in [-0.1, -0.05) is 17.7 Å². The number of ether oxygens (including phenoxy) is 1. The van der Waals surface area contributed by atoms with Crippen molar-refractivity contribution >= 4 is 45.6 Å². The van der Waals surface area contributed by atoms with Gasteiger partial charge in [0, 0.05) is 30.2 Å². The first kappa shape index (κ1) is 23.5. The van der Waals surface area contributed by atoms with Gasteiger partial charge in [0.05, 0.1) is 22.8 Å². The molecular formula is C26H27ClFN5O2. The van der Waals surface area contributed by atoms with Crippen LogP contribution in [0.25, 0.3) is 10.9 Å². The molecule has 2 fully saturated rings. The molecule has 182 valence electrons. The Bertz CT molecular complexity index is 1290. The van der Waals surface area contributed by atoms with Gasteiger partial charge >= 0.3 is 0 Å². The molecule has 1 aliphatic heterocycles. The second-order valence-corrected chi connectivity index (χ2v) is 9.59. The Morgan fingerprint density at radius 1 is 1.26 bits per heavy atom. The second kappa shape index (κ2) is 9.79. The van der Waals surface area contributed by atoms with Gasteiger partial charge in [-0.15, -0.1) is 0 Å². The number of likely N-dealkylation sites (tertiary alicyclic amines) is 1. The number of nitrogens with one attached hydrogen (secondary N) is 2. The molecule has 0 bridgehead atoms. The predicted molar refractivity (Wildman–Crippen MR) is 136 cm³/mol. The summed E-state index contributed by atoms with van der Waals surface area (Å²) in [6.07, 6.45) is 5.57. The van der Waals surface area contributed by atoms with E-state index in [0.29, 0.717) is 46.4 Å². The van der Waals surface area contributed by atoms with Crippen LogP contribution in [-0.4, -0.2) is 47.5 Å². The van der Waals surface area contributed by atoms with Gasteiger partial charge < -0.3 is 20.3 Å². The van der Waals surface area contributed by atoms with Crippen molar-refractivity contribution in [3.05, 3.63) is 59.7 Å². The summed E-state index contributed by atoms with van der Waals surface area (Å²) < 4.78 is 19.7. The number of hydrogen-bond donors (Lipinski definition) is 2. The Kier molecular flexibility index (Phi) is 6.58. The molecule has 2 unspecified atom stereocenters. The first-order valence-corrected chi connectivity index (χ1v) is 12.1. The molecule has 0 spiro atoms. The highest BCUT2D eigenvalue weighted by atomic mass is 35.5. The number of halogens is 2. The van der Waals surface area contributed by atoms with E-state index in [1.54, 1.807) is 25.1 Å². The smallest absolute Gasteiger partial charge is 0.248 e. The standard InChI is InChI=1S/C26H27ClFN5O2/c1-3-4-25(34)32-23-10-17-22(11-24(23)35-8-7-16-18-12-33(2)13-19(16)18)29-14-30-26(17)31-15-5-6-21(28)20(27)9-15/h3-6,9-11,14,16,18-19H,7-8,12-13H2,1-2H3,(H,32,34)(H,29,30,31)/b4-3+. The van der Waals surface area contributed by atoms with Crippen LogP contribution in [0.15, 0.2) is 48.8 Å². The largest absolute Gasteiger partial charge is 0.491 e. The quantitative estimate of drug-likeness (QED) is 0.415. The summed E-state index contributed by atoms with van der Waals surface area (Å²) in [6, 6.07) is 7.95. The zero-order valence-corrected chi connectivity index (χ0v) is 20.3. The van der Waals surface area contributed by atoms with E-state index in [0.717, 1.165) is 18.3 Å². The molecule has 1 aromatic heterocycles. The van der Waals surface area contributed by atoms with E-state index in [1.165, 1.54) is 37.6 Å². The lowest BCUT2D eigenvalue weighted by Gasteiger charge is -2.16.